The number of halogens is 3. The van der Waals surface area contributed by atoms with Crippen molar-refractivity contribution in [2.45, 2.75) is 19.3 Å². The highest BCUT2D eigenvalue weighted by molar-refractivity contribution is 9.10. The fraction of sp³-hybridized carbons (Fsp3) is 0.364. The van der Waals surface area contributed by atoms with Crippen LogP contribution in [-0.4, -0.2) is 17.5 Å². The average molecular weight is 293 g/mol. The quantitative estimate of drug-likeness (QED) is 0.904. The Labute approximate surface area is 100 Å². The second-order valence-corrected chi connectivity index (χ2v) is 4.41. The van der Waals surface area contributed by atoms with Crippen molar-refractivity contribution < 1.29 is 18.7 Å². The molecule has 0 radical (unpaired) electrons. The lowest BCUT2D eigenvalue weighted by molar-refractivity contribution is -0.143. The van der Waals surface area contributed by atoms with E-state index in [0.29, 0.717) is 0 Å². The van der Waals surface area contributed by atoms with E-state index in [1.807, 2.05) is 0 Å². The molecule has 0 aliphatic carbocycles. The van der Waals surface area contributed by atoms with Crippen molar-refractivity contribution >= 4 is 21.9 Å². The highest BCUT2D eigenvalue weighted by atomic mass is 79.9. The zero-order valence-electron chi connectivity index (χ0n) is 8.37. The summed E-state index contributed by atoms with van der Waals surface area (Å²) in [6.07, 6.45) is -3.07. The van der Waals surface area contributed by atoms with Crippen LogP contribution in [0, 0.1) is 5.92 Å². The predicted molar refractivity (Wildman–Crippen MR) is 59.6 cm³/mol. The summed E-state index contributed by atoms with van der Waals surface area (Å²) >= 11 is 3.24. The Kier molecular flexibility index (Phi) is 4.86. The molecule has 0 aliphatic rings. The third kappa shape index (κ3) is 4.26. The number of aliphatic carboxylic acids is 1. The molecule has 5 heteroatoms. The Morgan fingerprint density at radius 2 is 2.12 bits per heavy atom. The van der Waals surface area contributed by atoms with Crippen LogP contribution < -0.4 is 0 Å². The Balaban J connectivity index is 2.71. The Bertz CT molecular complexity index is 369. The molecule has 1 unspecified atom stereocenters. The van der Waals surface area contributed by atoms with Gasteiger partial charge in [0, 0.05) is 10.9 Å². The second-order valence-electron chi connectivity index (χ2n) is 3.50. The molecule has 0 aromatic heterocycles. The average Bonchev–Trinajstić information content (AvgIpc) is 2.15. The van der Waals surface area contributed by atoms with Gasteiger partial charge in [0.05, 0.1) is 5.92 Å². The second kappa shape index (κ2) is 5.94. The minimum atomic E-state index is -2.59. The molecule has 0 amide bonds. The van der Waals surface area contributed by atoms with E-state index in [4.69, 9.17) is 5.11 Å². The monoisotopic (exact) mass is 292 g/mol. The maximum Gasteiger partial charge on any atom is 0.307 e. The molecule has 88 valence electrons. The third-order valence-electron chi connectivity index (χ3n) is 2.18. The van der Waals surface area contributed by atoms with Crippen molar-refractivity contribution in [2.75, 3.05) is 0 Å². The van der Waals surface area contributed by atoms with E-state index >= 15 is 0 Å². The Morgan fingerprint density at radius 1 is 1.44 bits per heavy atom. The number of carboxylic acids is 1. The topological polar surface area (TPSA) is 37.3 Å². The lowest BCUT2D eigenvalue weighted by Crippen LogP contribution is -2.19. The zero-order valence-corrected chi connectivity index (χ0v) is 9.95. The molecular weight excluding hydrogens is 282 g/mol. The predicted octanol–water partition coefficient (Wildman–Crippen LogP) is 3.35. The number of rotatable bonds is 5. The highest BCUT2D eigenvalue weighted by Gasteiger charge is 2.22. The van der Waals surface area contributed by atoms with Crippen molar-refractivity contribution in [1.29, 1.82) is 0 Å². The van der Waals surface area contributed by atoms with Crippen LogP contribution in [0.1, 0.15) is 12.0 Å². The molecule has 1 rings (SSSR count). The van der Waals surface area contributed by atoms with Crippen LogP contribution in [0.3, 0.4) is 0 Å². The zero-order chi connectivity index (χ0) is 12.1. The molecule has 16 heavy (non-hydrogen) atoms. The first-order valence-corrected chi connectivity index (χ1v) is 5.53. The first-order valence-electron chi connectivity index (χ1n) is 4.74. The van der Waals surface area contributed by atoms with Crippen LogP contribution in [0.5, 0.6) is 0 Å². The van der Waals surface area contributed by atoms with Gasteiger partial charge in [0.2, 0.25) is 6.43 Å². The van der Waals surface area contributed by atoms with Crippen molar-refractivity contribution in [3.8, 4) is 0 Å². The van der Waals surface area contributed by atoms with Gasteiger partial charge in [-0.05, 0) is 24.1 Å². The third-order valence-corrected chi connectivity index (χ3v) is 2.68. The van der Waals surface area contributed by atoms with Gasteiger partial charge in [0.25, 0.3) is 0 Å². The van der Waals surface area contributed by atoms with E-state index in [1.54, 1.807) is 24.3 Å². The lowest BCUT2D eigenvalue weighted by atomic mass is 9.96. The van der Waals surface area contributed by atoms with E-state index in [1.165, 1.54) is 0 Å². The molecule has 1 N–H and O–H groups in total. The van der Waals surface area contributed by atoms with Gasteiger partial charge in [-0.25, -0.2) is 8.78 Å². The fourth-order valence-electron chi connectivity index (χ4n) is 1.43. The van der Waals surface area contributed by atoms with Crippen LogP contribution in [0.15, 0.2) is 28.7 Å². The molecule has 0 heterocycles. The number of carboxylic acid groups (broad SMARTS) is 1. The molecule has 1 aromatic rings. The summed E-state index contributed by atoms with van der Waals surface area (Å²) in [6.45, 7) is 0. The molecule has 0 spiro atoms. The number of carbonyl (C=O) groups is 1. The first kappa shape index (κ1) is 13.1. The largest absolute Gasteiger partial charge is 0.481 e. The molecule has 0 aliphatic heterocycles. The number of alkyl halides is 2. The van der Waals surface area contributed by atoms with Gasteiger partial charge in [-0.3, -0.25) is 4.79 Å². The van der Waals surface area contributed by atoms with Crippen molar-refractivity contribution in [1.82, 2.24) is 0 Å². The number of benzene rings is 1. The fourth-order valence-corrected chi connectivity index (χ4v) is 1.88. The van der Waals surface area contributed by atoms with Crippen molar-refractivity contribution in [3.05, 3.63) is 34.3 Å². The van der Waals surface area contributed by atoms with Crippen molar-refractivity contribution in [2.24, 2.45) is 5.92 Å². The van der Waals surface area contributed by atoms with Crippen LogP contribution in [0.25, 0.3) is 0 Å². The van der Waals surface area contributed by atoms with Gasteiger partial charge in [0.1, 0.15) is 0 Å². The first-order chi connectivity index (χ1) is 7.49. The standard InChI is InChI=1S/C11H11BrF2O2/c12-9-3-1-2-7(5-9)4-8(11(15)16)6-10(13)14/h1-3,5,8,10H,4,6H2,(H,15,16). The summed E-state index contributed by atoms with van der Waals surface area (Å²) in [5.74, 6) is -2.21. The molecule has 1 aromatic carbocycles. The maximum absolute atomic E-state index is 12.2. The smallest absolute Gasteiger partial charge is 0.307 e. The van der Waals surface area contributed by atoms with Crippen LogP contribution in [0.4, 0.5) is 8.78 Å². The normalized spacial score (nSPS) is 12.8. The molecule has 0 saturated carbocycles. The van der Waals surface area contributed by atoms with Gasteiger partial charge in [-0.2, -0.15) is 0 Å². The van der Waals surface area contributed by atoms with Crippen LogP contribution in [0.2, 0.25) is 0 Å². The Hall–Kier alpha value is -0.970. The molecule has 0 bridgehead atoms. The summed E-state index contributed by atoms with van der Waals surface area (Å²) in [7, 11) is 0. The van der Waals surface area contributed by atoms with Crippen LogP contribution in [-0.2, 0) is 11.2 Å². The van der Waals surface area contributed by atoms with Gasteiger partial charge in [-0.1, -0.05) is 28.1 Å². The summed E-state index contributed by atoms with van der Waals surface area (Å²) in [4.78, 5) is 10.8. The van der Waals surface area contributed by atoms with Gasteiger partial charge < -0.3 is 5.11 Å². The van der Waals surface area contributed by atoms with E-state index in [-0.39, 0.29) is 6.42 Å². The number of hydrogen-bond acceptors (Lipinski definition) is 1. The van der Waals surface area contributed by atoms with Gasteiger partial charge in [0.15, 0.2) is 0 Å². The molecule has 0 saturated heterocycles. The minimum Gasteiger partial charge on any atom is -0.481 e. The summed E-state index contributed by atoms with van der Waals surface area (Å²) in [5.41, 5.74) is 0.738. The Morgan fingerprint density at radius 3 is 2.62 bits per heavy atom. The van der Waals surface area contributed by atoms with E-state index < -0.39 is 24.7 Å². The van der Waals surface area contributed by atoms with Gasteiger partial charge in [-0.15, -0.1) is 0 Å². The molecule has 1 atom stereocenters. The molecule has 0 fully saturated rings. The summed E-state index contributed by atoms with van der Waals surface area (Å²) in [6, 6.07) is 7.01. The lowest BCUT2D eigenvalue weighted by Gasteiger charge is -2.11. The minimum absolute atomic E-state index is 0.124. The highest BCUT2D eigenvalue weighted by Crippen LogP contribution is 2.19. The molecule has 2 nitrogen and oxygen atoms in total. The van der Waals surface area contributed by atoms with Crippen LogP contribution >= 0.6 is 15.9 Å². The van der Waals surface area contributed by atoms with E-state index in [9.17, 15) is 13.6 Å². The SMILES string of the molecule is O=C(O)C(Cc1cccc(Br)c1)CC(F)F. The van der Waals surface area contributed by atoms with E-state index in [0.717, 1.165) is 10.0 Å². The molecular formula is C11H11BrF2O2. The maximum atomic E-state index is 12.2. The van der Waals surface area contributed by atoms with E-state index in [2.05, 4.69) is 15.9 Å². The number of hydrogen-bond donors (Lipinski definition) is 1. The van der Waals surface area contributed by atoms with Crippen molar-refractivity contribution in [3.63, 3.8) is 0 Å². The summed E-state index contributed by atoms with van der Waals surface area (Å²) < 4.78 is 25.1. The van der Waals surface area contributed by atoms with Gasteiger partial charge >= 0.3 is 5.97 Å². The summed E-state index contributed by atoms with van der Waals surface area (Å²) in [5, 5.41) is 8.81.